The van der Waals surface area contributed by atoms with Crippen LogP contribution in [0.25, 0.3) is 11.2 Å². The number of unbranched alkanes of at least 4 members (excludes halogenated alkanes) is 1. The van der Waals surface area contributed by atoms with Gasteiger partial charge >= 0.3 is 11.7 Å². The van der Waals surface area contributed by atoms with E-state index in [1.54, 1.807) is 16.7 Å². The van der Waals surface area contributed by atoms with Crippen molar-refractivity contribution in [1.82, 2.24) is 24.4 Å². The van der Waals surface area contributed by atoms with Crippen LogP contribution in [0.15, 0.2) is 32.4 Å². The van der Waals surface area contributed by atoms with Crippen molar-refractivity contribution < 1.29 is 18.7 Å². The third-order valence-corrected chi connectivity index (χ3v) is 5.10. The van der Waals surface area contributed by atoms with Gasteiger partial charge in [-0.3, -0.25) is 23.9 Å². The number of esters is 1. The molecule has 3 aromatic rings. The fourth-order valence-electron chi connectivity index (χ4n) is 3.46. The Hall–Kier alpha value is -3.63. The lowest BCUT2D eigenvalue weighted by atomic mass is 10.3. The van der Waals surface area contributed by atoms with Gasteiger partial charge in [-0.25, -0.2) is 9.78 Å². The van der Waals surface area contributed by atoms with Crippen molar-refractivity contribution in [3.05, 3.63) is 50.8 Å². The fraction of sp³-hybridized carbons (Fsp3) is 0.500. The second-order valence-electron chi connectivity index (χ2n) is 7.61. The highest BCUT2D eigenvalue weighted by molar-refractivity contribution is 5.91. The molecule has 0 atom stereocenters. The van der Waals surface area contributed by atoms with E-state index >= 15 is 0 Å². The SMILES string of the molecule is CCCCn1c(=O)[nH]c(=O)c2c1nc(COC(=O)CCCNC(=O)c1ccco1)n2CCC. The van der Waals surface area contributed by atoms with E-state index in [0.717, 1.165) is 19.3 Å². The molecule has 11 heteroatoms. The predicted molar refractivity (Wildman–Crippen MR) is 120 cm³/mol. The minimum absolute atomic E-state index is 0.105. The standard InChI is InChI=1S/C22H29N5O6/c1-3-5-12-27-19-18(21(30)25-22(27)31)26(11-4-2)16(24-19)14-33-17(28)9-6-10-23-20(29)15-8-7-13-32-15/h7-8,13H,3-6,9-12,14H2,1-2H3,(H,23,29)(H,25,30,31). The average molecular weight is 460 g/mol. The van der Waals surface area contributed by atoms with E-state index < -0.39 is 17.2 Å². The highest BCUT2D eigenvalue weighted by atomic mass is 16.5. The van der Waals surface area contributed by atoms with E-state index in [0.29, 0.717) is 43.0 Å². The molecule has 0 fully saturated rings. The molecule has 0 aromatic carbocycles. The normalized spacial score (nSPS) is 11.1. The summed E-state index contributed by atoms with van der Waals surface area (Å²) in [6.07, 6.45) is 4.29. The lowest BCUT2D eigenvalue weighted by Crippen LogP contribution is -2.31. The molecule has 0 radical (unpaired) electrons. The van der Waals surface area contributed by atoms with Gasteiger partial charge in [0.1, 0.15) is 12.4 Å². The topological polar surface area (TPSA) is 141 Å². The fourth-order valence-corrected chi connectivity index (χ4v) is 3.46. The monoisotopic (exact) mass is 459 g/mol. The first-order chi connectivity index (χ1) is 16.0. The van der Waals surface area contributed by atoms with E-state index in [9.17, 15) is 19.2 Å². The maximum absolute atomic E-state index is 12.5. The second-order valence-corrected chi connectivity index (χ2v) is 7.61. The average Bonchev–Trinajstić information content (AvgIpc) is 3.44. The van der Waals surface area contributed by atoms with Crippen molar-refractivity contribution in [3.63, 3.8) is 0 Å². The van der Waals surface area contributed by atoms with E-state index in [1.807, 2.05) is 13.8 Å². The zero-order chi connectivity index (χ0) is 23.8. The Morgan fingerprint density at radius 3 is 2.67 bits per heavy atom. The molecule has 178 valence electrons. The Labute approximate surface area is 189 Å². The molecule has 0 unspecified atom stereocenters. The maximum atomic E-state index is 12.5. The number of aromatic amines is 1. The van der Waals surface area contributed by atoms with Gasteiger partial charge in [0.25, 0.3) is 11.5 Å². The number of amides is 1. The van der Waals surface area contributed by atoms with Gasteiger partial charge in [0.15, 0.2) is 16.9 Å². The van der Waals surface area contributed by atoms with Gasteiger partial charge < -0.3 is 19.0 Å². The molecule has 3 aromatic heterocycles. The van der Waals surface area contributed by atoms with Crippen molar-refractivity contribution in [2.75, 3.05) is 6.54 Å². The second kappa shape index (κ2) is 11.3. The first kappa shape index (κ1) is 24.0. The molecule has 0 saturated carbocycles. The molecule has 11 nitrogen and oxygen atoms in total. The van der Waals surface area contributed by atoms with Crippen LogP contribution >= 0.6 is 0 Å². The van der Waals surface area contributed by atoms with Crippen LogP contribution in [-0.4, -0.2) is 37.5 Å². The minimum atomic E-state index is -0.506. The van der Waals surface area contributed by atoms with Crippen LogP contribution in [0, 0.1) is 0 Å². The van der Waals surface area contributed by atoms with Crippen molar-refractivity contribution in [1.29, 1.82) is 0 Å². The number of aromatic nitrogens is 4. The van der Waals surface area contributed by atoms with E-state index in [1.165, 1.54) is 10.8 Å². The van der Waals surface area contributed by atoms with Crippen LogP contribution in [0.3, 0.4) is 0 Å². The molecule has 2 N–H and O–H groups in total. The summed E-state index contributed by atoms with van der Waals surface area (Å²) < 4.78 is 13.5. The summed E-state index contributed by atoms with van der Waals surface area (Å²) in [5.41, 5.74) is -0.396. The molecule has 0 aliphatic rings. The summed E-state index contributed by atoms with van der Waals surface area (Å²) >= 11 is 0. The van der Waals surface area contributed by atoms with E-state index in [4.69, 9.17) is 9.15 Å². The number of hydrogen-bond acceptors (Lipinski definition) is 7. The van der Waals surface area contributed by atoms with Crippen LogP contribution < -0.4 is 16.6 Å². The van der Waals surface area contributed by atoms with Gasteiger partial charge in [-0.1, -0.05) is 20.3 Å². The van der Waals surface area contributed by atoms with Crippen LogP contribution in [-0.2, 0) is 29.2 Å². The van der Waals surface area contributed by atoms with Crippen LogP contribution in [0.2, 0.25) is 0 Å². The molecule has 0 bridgehead atoms. The largest absolute Gasteiger partial charge is 0.459 e. The Kier molecular flexibility index (Phi) is 8.22. The third-order valence-electron chi connectivity index (χ3n) is 5.10. The Balaban J connectivity index is 1.65. The number of imidazole rings is 1. The molecule has 33 heavy (non-hydrogen) atoms. The zero-order valence-electron chi connectivity index (χ0n) is 18.9. The number of nitrogens with one attached hydrogen (secondary N) is 2. The number of ether oxygens (including phenoxy) is 1. The quantitative estimate of drug-likeness (QED) is 0.311. The molecule has 0 aliphatic heterocycles. The van der Waals surface area contributed by atoms with E-state index in [2.05, 4.69) is 15.3 Å². The van der Waals surface area contributed by atoms with Crippen molar-refractivity contribution in [3.8, 4) is 0 Å². The summed E-state index contributed by atoms with van der Waals surface area (Å²) in [6, 6.07) is 3.17. The summed E-state index contributed by atoms with van der Waals surface area (Å²) in [5.74, 6) is -0.178. The number of carbonyl (C=O) groups is 2. The Bertz CT molecular complexity index is 1200. The van der Waals surface area contributed by atoms with Gasteiger partial charge in [0, 0.05) is 26.1 Å². The molecule has 0 aliphatic carbocycles. The number of aryl methyl sites for hydroxylation is 2. The van der Waals surface area contributed by atoms with Gasteiger partial charge in [-0.15, -0.1) is 0 Å². The van der Waals surface area contributed by atoms with Gasteiger partial charge in [-0.05, 0) is 31.4 Å². The lowest BCUT2D eigenvalue weighted by Gasteiger charge is -2.08. The molecule has 3 rings (SSSR count). The number of H-pyrrole nitrogens is 1. The highest BCUT2D eigenvalue weighted by Crippen LogP contribution is 2.14. The number of fused-ring (bicyclic) bond motifs is 1. The van der Waals surface area contributed by atoms with Gasteiger partial charge in [0.05, 0.1) is 6.26 Å². The highest BCUT2D eigenvalue weighted by Gasteiger charge is 2.19. The number of nitrogens with zero attached hydrogens (tertiary/aromatic N) is 3. The van der Waals surface area contributed by atoms with Crippen LogP contribution in [0.4, 0.5) is 0 Å². The lowest BCUT2D eigenvalue weighted by molar-refractivity contribution is -0.145. The predicted octanol–water partition coefficient (Wildman–Crippen LogP) is 1.94. The summed E-state index contributed by atoms with van der Waals surface area (Å²) in [6.45, 7) is 5.08. The van der Waals surface area contributed by atoms with Gasteiger partial charge in [-0.2, -0.15) is 0 Å². The Morgan fingerprint density at radius 2 is 1.97 bits per heavy atom. The number of carbonyl (C=O) groups excluding carboxylic acids is 2. The van der Waals surface area contributed by atoms with Crippen molar-refractivity contribution in [2.45, 2.75) is 65.6 Å². The van der Waals surface area contributed by atoms with Crippen LogP contribution in [0.1, 0.15) is 62.3 Å². The molecule has 0 spiro atoms. The summed E-state index contributed by atoms with van der Waals surface area (Å²) in [7, 11) is 0. The molecule has 3 heterocycles. The molecular formula is C22H29N5O6. The zero-order valence-corrected chi connectivity index (χ0v) is 18.9. The van der Waals surface area contributed by atoms with Gasteiger partial charge in [0.2, 0.25) is 0 Å². The third kappa shape index (κ3) is 5.79. The first-order valence-electron chi connectivity index (χ1n) is 11.2. The van der Waals surface area contributed by atoms with Crippen molar-refractivity contribution >= 4 is 23.0 Å². The first-order valence-corrected chi connectivity index (χ1v) is 11.2. The Morgan fingerprint density at radius 1 is 1.15 bits per heavy atom. The molecule has 1 amide bonds. The number of rotatable bonds is 12. The molecule has 0 saturated heterocycles. The number of hydrogen-bond donors (Lipinski definition) is 2. The van der Waals surface area contributed by atoms with E-state index in [-0.39, 0.29) is 24.7 Å². The smallest absolute Gasteiger partial charge is 0.330 e. The summed E-state index contributed by atoms with van der Waals surface area (Å²) in [5, 5.41) is 2.66. The molecular weight excluding hydrogens is 430 g/mol. The maximum Gasteiger partial charge on any atom is 0.330 e. The summed E-state index contributed by atoms with van der Waals surface area (Å²) in [4.78, 5) is 55.7. The van der Waals surface area contributed by atoms with Crippen LogP contribution in [0.5, 0.6) is 0 Å². The minimum Gasteiger partial charge on any atom is -0.459 e. The van der Waals surface area contributed by atoms with Crippen molar-refractivity contribution in [2.24, 2.45) is 0 Å². The number of furan rings is 1.